The number of allylic oxidation sites excluding steroid dienone is 1. The second-order valence-electron chi connectivity index (χ2n) is 7.24. The molecule has 1 saturated carbocycles. The van der Waals surface area contributed by atoms with E-state index in [0.717, 1.165) is 31.6 Å². The van der Waals surface area contributed by atoms with Crippen LogP contribution in [0.15, 0.2) is 24.0 Å². The zero-order valence-corrected chi connectivity index (χ0v) is 15.1. The minimum atomic E-state index is -0.0765. The van der Waals surface area contributed by atoms with Crippen molar-refractivity contribution in [2.45, 2.75) is 76.7 Å². The van der Waals surface area contributed by atoms with Gasteiger partial charge in [0.05, 0.1) is 0 Å². The third-order valence-electron chi connectivity index (χ3n) is 5.23. The summed E-state index contributed by atoms with van der Waals surface area (Å²) in [4.78, 5) is 20.9. The normalized spacial score (nSPS) is 19.0. The van der Waals surface area contributed by atoms with Crippen LogP contribution in [0.5, 0.6) is 0 Å². The first-order valence-electron chi connectivity index (χ1n) is 9.86. The fourth-order valence-corrected chi connectivity index (χ4v) is 3.74. The molecule has 0 bridgehead atoms. The van der Waals surface area contributed by atoms with Crippen molar-refractivity contribution in [1.29, 1.82) is 0 Å². The molecule has 0 spiro atoms. The summed E-state index contributed by atoms with van der Waals surface area (Å²) in [5.41, 5.74) is 2.00. The highest BCUT2D eigenvalue weighted by Crippen LogP contribution is 2.20. The smallest absolute Gasteiger partial charge is 0.270 e. The van der Waals surface area contributed by atoms with E-state index in [2.05, 4.69) is 26.7 Å². The van der Waals surface area contributed by atoms with Gasteiger partial charge in [0.1, 0.15) is 17.8 Å². The van der Waals surface area contributed by atoms with E-state index in [9.17, 15) is 4.79 Å². The van der Waals surface area contributed by atoms with Gasteiger partial charge in [0.2, 0.25) is 0 Å². The summed E-state index contributed by atoms with van der Waals surface area (Å²) in [7, 11) is 0. The van der Waals surface area contributed by atoms with Crippen LogP contribution in [0.1, 0.15) is 81.1 Å². The monoisotopic (exact) mass is 342 g/mol. The third kappa shape index (κ3) is 5.83. The average Bonchev–Trinajstić information content (AvgIpc) is 2.91. The summed E-state index contributed by atoms with van der Waals surface area (Å²) < 4.78 is 0. The van der Waals surface area contributed by atoms with Gasteiger partial charge in [-0.3, -0.25) is 4.79 Å². The number of nitrogens with one attached hydrogen (secondary N) is 2. The molecule has 0 aliphatic heterocycles. The molecule has 1 amide bonds. The van der Waals surface area contributed by atoms with E-state index >= 15 is 0 Å². The quantitative estimate of drug-likeness (QED) is 0.600. The molecule has 5 heteroatoms. The topological polar surface area (TPSA) is 66.9 Å². The molecule has 3 rings (SSSR count). The molecule has 1 heterocycles. The highest BCUT2D eigenvalue weighted by atomic mass is 16.1. The minimum absolute atomic E-state index is 0.0765. The van der Waals surface area contributed by atoms with Gasteiger partial charge >= 0.3 is 0 Å². The van der Waals surface area contributed by atoms with E-state index in [-0.39, 0.29) is 5.91 Å². The first-order chi connectivity index (χ1) is 12.3. The van der Waals surface area contributed by atoms with Crippen molar-refractivity contribution in [3.63, 3.8) is 0 Å². The Kier molecular flexibility index (Phi) is 6.83. The van der Waals surface area contributed by atoms with Crippen molar-refractivity contribution >= 4 is 11.7 Å². The van der Waals surface area contributed by atoms with Crippen LogP contribution in [-0.2, 0) is 0 Å². The van der Waals surface area contributed by atoms with Crippen molar-refractivity contribution < 1.29 is 4.79 Å². The first kappa shape index (κ1) is 17.9. The van der Waals surface area contributed by atoms with Crippen LogP contribution >= 0.6 is 0 Å². The van der Waals surface area contributed by atoms with Crippen molar-refractivity contribution in [3.8, 4) is 0 Å². The Labute approximate surface area is 150 Å². The number of amides is 1. The molecule has 0 unspecified atom stereocenters. The van der Waals surface area contributed by atoms with Gasteiger partial charge in [-0.2, -0.15) is 0 Å². The summed E-state index contributed by atoms with van der Waals surface area (Å²) in [6.45, 7) is 0.854. The van der Waals surface area contributed by atoms with Gasteiger partial charge in [-0.05, 0) is 44.9 Å². The average molecular weight is 342 g/mol. The molecule has 0 aromatic carbocycles. The number of nitrogens with zero attached hydrogens (tertiary/aromatic N) is 2. The number of hydrogen-bond acceptors (Lipinski definition) is 4. The number of aromatic nitrogens is 2. The van der Waals surface area contributed by atoms with Crippen LogP contribution in [0.25, 0.3) is 0 Å². The zero-order chi connectivity index (χ0) is 17.3. The Balaban J connectivity index is 1.49. The molecule has 136 valence electrons. The SMILES string of the molecule is O=C(NC1CCCCCC1)c1cc(NCCC2=CCCCC2)ncn1. The summed E-state index contributed by atoms with van der Waals surface area (Å²) in [6, 6.07) is 2.06. The van der Waals surface area contributed by atoms with Gasteiger partial charge in [-0.15, -0.1) is 0 Å². The van der Waals surface area contributed by atoms with Crippen molar-refractivity contribution in [2.24, 2.45) is 0 Å². The fourth-order valence-electron chi connectivity index (χ4n) is 3.74. The van der Waals surface area contributed by atoms with Crippen LogP contribution in [0.3, 0.4) is 0 Å². The molecular formula is C20H30N4O. The van der Waals surface area contributed by atoms with Crippen LogP contribution < -0.4 is 10.6 Å². The predicted octanol–water partition coefficient (Wildman–Crippen LogP) is 4.23. The molecule has 2 aliphatic carbocycles. The Morgan fingerprint density at radius 2 is 1.92 bits per heavy atom. The Morgan fingerprint density at radius 3 is 2.68 bits per heavy atom. The number of carbonyl (C=O) groups excluding carboxylic acids is 1. The van der Waals surface area contributed by atoms with Gasteiger partial charge < -0.3 is 10.6 Å². The Morgan fingerprint density at radius 1 is 1.08 bits per heavy atom. The summed E-state index contributed by atoms with van der Waals surface area (Å²) in [5.74, 6) is 0.657. The molecule has 0 radical (unpaired) electrons. The molecule has 2 N–H and O–H groups in total. The maximum Gasteiger partial charge on any atom is 0.270 e. The lowest BCUT2D eigenvalue weighted by Gasteiger charge is -2.16. The molecule has 0 saturated heterocycles. The van der Waals surface area contributed by atoms with Crippen LogP contribution in [0.4, 0.5) is 5.82 Å². The van der Waals surface area contributed by atoms with E-state index in [1.165, 1.54) is 57.7 Å². The number of anilines is 1. The van der Waals surface area contributed by atoms with Crippen molar-refractivity contribution in [2.75, 3.05) is 11.9 Å². The maximum atomic E-state index is 12.5. The minimum Gasteiger partial charge on any atom is -0.370 e. The molecule has 5 nitrogen and oxygen atoms in total. The highest BCUT2D eigenvalue weighted by molar-refractivity contribution is 5.93. The van der Waals surface area contributed by atoms with Gasteiger partial charge in [-0.25, -0.2) is 9.97 Å². The Bertz CT molecular complexity index is 591. The molecule has 2 aliphatic rings. The zero-order valence-electron chi connectivity index (χ0n) is 15.1. The van der Waals surface area contributed by atoms with Crippen molar-refractivity contribution in [3.05, 3.63) is 29.7 Å². The third-order valence-corrected chi connectivity index (χ3v) is 5.23. The second kappa shape index (κ2) is 9.54. The maximum absolute atomic E-state index is 12.5. The molecule has 1 aromatic heterocycles. The molecule has 1 aromatic rings. The molecule has 25 heavy (non-hydrogen) atoms. The van der Waals surface area contributed by atoms with E-state index < -0.39 is 0 Å². The van der Waals surface area contributed by atoms with Crippen LogP contribution in [0, 0.1) is 0 Å². The lowest BCUT2D eigenvalue weighted by atomic mass is 9.97. The molecular weight excluding hydrogens is 312 g/mol. The van der Waals surface area contributed by atoms with Gasteiger partial charge in [-0.1, -0.05) is 37.3 Å². The van der Waals surface area contributed by atoms with E-state index in [1.807, 2.05) is 0 Å². The van der Waals surface area contributed by atoms with Gasteiger partial charge in [0.15, 0.2) is 0 Å². The van der Waals surface area contributed by atoms with Gasteiger partial charge in [0, 0.05) is 18.7 Å². The fraction of sp³-hybridized carbons (Fsp3) is 0.650. The largest absolute Gasteiger partial charge is 0.370 e. The number of carbonyl (C=O) groups is 1. The van der Waals surface area contributed by atoms with E-state index in [1.54, 1.807) is 11.6 Å². The first-order valence-corrected chi connectivity index (χ1v) is 9.86. The van der Waals surface area contributed by atoms with Crippen LogP contribution in [-0.4, -0.2) is 28.5 Å². The second-order valence-corrected chi connectivity index (χ2v) is 7.24. The van der Waals surface area contributed by atoms with E-state index in [0.29, 0.717) is 11.7 Å². The summed E-state index contributed by atoms with van der Waals surface area (Å²) in [5, 5.41) is 6.47. The lowest BCUT2D eigenvalue weighted by molar-refractivity contribution is 0.0928. The summed E-state index contributed by atoms with van der Waals surface area (Å²) >= 11 is 0. The Hall–Kier alpha value is -1.91. The molecule has 0 atom stereocenters. The van der Waals surface area contributed by atoms with Gasteiger partial charge in [0.25, 0.3) is 5.91 Å². The van der Waals surface area contributed by atoms with Crippen LogP contribution in [0.2, 0.25) is 0 Å². The molecule has 1 fully saturated rings. The lowest BCUT2D eigenvalue weighted by Crippen LogP contribution is -2.35. The van der Waals surface area contributed by atoms with E-state index in [4.69, 9.17) is 0 Å². The van der Waals surface area contributed by atoms with Crippen molar-refractivity contribution in [1.82, 2.24) is 15.3 Å². The summed E-state index contributed by atoms with van der Waals surface area (Å²) in [6.07, 6.45) is 17.1. The number of hydrogen-bond donors (Lipinski definition) is 2. The highest BCUT2D eigenvalue weighted by Gasteiger charge is 2.17. The predicted molar refractivity (Wildman–Crippen MR) is 101 cm³/mol. The standard InChI is InChI=1S/C20H30N4O/c25-20(24-17-10-6-1-2-7-11-17)18-14-19(23-15-22-18)21-13-12-16-8-4-3-5-9-16/h8,14-15,17H,1-7,9-13H2,(H,24,25)(H,21,22,23). The number of rotatable bonds is 6.